The summed E-state index contributed by atoms with van der Waals surface area (Å²) in [4.78, 5) is 11.5. The lowest BCUT2D eigenvalue weighted by Gasteiger charge is -2.07. The van der Waals surface area contributed by atoms with Gasteiger partial charge in [-0.25, -0.2) is 4.79 Å². The van der Waals surface area contributed by atoms with Crippen LogP contribution in [0, 0.1) is 0 Å². The fraction of sp³-hybridized carbons (Fsp3) is 0.235. The van der Waals surface area contributed by atoms with E-state index in [1.165, 1.54) is 5.56 Å². The van der Waals surface area contributed by atoms with Gasteiger partial charge in [-0.3, -0.25) is 0 Å². The lowest BCUT2D eigenvalue weighted by atomic mass is 10.2. The molecule has 0 aromatic heterocycles. The Morgan fingerprint density at radius 3 is 2.35 bits per heavy atom. The standard InChI is InChI=1S/C17H18O3/c1-2-19-17(18)15-8-10-16(11-9-15)20-13-12-14-6-4-3-5-7-14/h3-11H,2,12-13H2,1H3. The molecule has 0 radical (unpaired) electrons. The van der Waals surface area contributed by atoms with E-state index in [-0.39, 0.29) is 5.97 Å². The Kier molecular flexibility index (Phi) is 5.18. The van der Waals surface area contributed by atoms with E-state index in [9.17, 15) is 4.79 Å². The van der Waals surface area contributed by atoms with Crippen molar-refractivity contribution in [2.24, 2.45) is 0 Å². The average Bonchev–Trinajstić information content (AvgIpc) is 2.49. The van der Waals surface area contributed by atoms with Crippen molar-refractivity contribution in [2.45, 2.75) is 13.3 Å². The van der Waals surface area contributed by atoms with Gasteiger partial charge in [0.15, 0.2) is 0 Å². The Balaban J connectivity index is 1.83. The molecule has 0 saturated heterocycles. The summed E-state index contributed by atoms with van der Waals surface area (Å²) in [5.41, 5.74) is 1.79. The molecule has 0 N–H and O–H groups in total. The first-order chi connectivity index (χ1) is 9.79. The minimum atomic E-state index is -0.302. The summed E-state index contributed by atoms with van der Waals surface area (Å²) < 4.78 is 10.6. The summed E-state index contributed by atoms with van der Waals surface area (Å²) in [6, 6.07) is 17.2. The summed E-state index contributed by atoms with van der Waals surface area (Å²) in [5, 5.41) is 0. The van der Waals surface area contributed by atoms with Gasteiger partial charge in [-0.2, -0.15) is 0 Å². The van der Waals surface area contributed by atoms with Gasteiger partial charge in [0.2, 0.25) is 0 Å². The minimum Gasteiger partial charge on any atom is -0.493 e. The summed E-state index contributed by atoms with van der Waals surface area (Å²) in [6.45, 7) is 2.79. The van der Waals surface area contributed by atoms with Crippen LogP contribution < -0.4 is 4.74 Å². The fourth-order valence-electron chi connectivity index (χ4n) is 1.83. The topological polar surface area (TPSA) is 35.5 Å². The first-order valence-electron chi connectivity index (χ1n) is 6.73. The molecule has 0 amide bonds. The van der Waals surface area contributed by atoms with E-state index in [0.29, 0.717) is 18.8 Å². The van der Waals surface area contributed by atoms with Gasteiger partial charge in [-0.15, -0.1) is 0 Å². The second-order valence-electron chi connectivity index (χ2n) is 4.33. The van der Waals surface area contributed by atoms with Gasteiger partial charge in [0, 0.05) is 6.42 Å². The fourth-order valence-corrected chi connectivity index (χ4v) is 1.83. The molecule has 2 rings (SSSR count). The highest BCUT2D eigenvalue weighted by molar-refractivity contribution is 5.89. The lowest BCUT2D eigenvalue weighted by Crippen LogP contribution is -2.05. The van der Waals surface area contributed by atoms with Crippen molar-refractivity contribution in [1.29, 1.82) is 0 Å². The second kappa shape index (κ2) is 7.34. The SMILES string of the molecule is CCOC(=O)c1ccc(OCCc2ccccc2)cc1. The Bertz CT molecular complexity index is 532. The van der Waals surface area contributed by atoms with Crippen molar-refractivity contribution in [3.8, 4) is 5.75 Å². The molecular formula is C17H18O3. The first-order valence-corrected chi connectivity index (χ1v) is 6.73. The van der Waals surface area contributed by atoms with E-state index < -0.39 is 0 Å². The molecule has 0 fully saturated rings. The zero-order valence-corrected chi connectivity index (χ0v) is 11.5. The maximum atomic E-state index is 11.5. The highest BCUT2D eigenvalue weighted by atomic mass is 16.5. The number of rotatable bonds is 6. The van der Waals surface area contributed by atoms with E-state index in [0.717, 1.165) is 12.2 Å². The molecule has 2 aromatic rings. The average molecular weight is 270 g/mol. The van der Waals surface area contributed by atoms with E-state index >= 15 is 0 Å². The number of ether oxygens (including phenoxy) is 2. The Labute approximate surface area is 119 Å². The number of esters is 1. The quantitative estimate of drug-likeness (QED) is 0.754. The van der Waals surface area contributed by atoms with E-state index in [4.69, 9.17) is 9.47 Å². The van der Waals surface area contributed by atoms with Gasteiger partial charge in [-0.1, -0.05) is 30.3 Å². The number of carbonyl (C=O) groups is 1. The molecule has 0 bridgehead atoms. The smallest absolute Gasteiger partial charge is 0.338 e. The van der Waals surface area contributed by atoms with Crippen LogP contribution in [0.15, 0.2) is 54.6 Å². The summed E-state index contributed by atoms with van der Waals surface area (Å²) in [6.07, 6.45) is 0.862. The molecule has 0 aliphatic rings. The third-order valence-corrected chi connectivity index (χ3v) is 2.87. The highest BCUT2D eigenvalue weighted by Crippen LogP contribution is 2.13. The second-order valence-corrected chi connectivity index (χ2v) is 4.33. The first kappa shape index (κ1) is 14.1. The van der Waals surface area contributed by atoms with E-state index in [1.54, 1.807) is 31.2 Å². The van der Waals surface area contributed by atoms with Crippen LogP contribution in [0.25, 0.3) is 0 Å². The van der Waals surface area contributed by atoms with E-state index in [1.807, 2.05) is 18.2 Å². The Hall–Kier alpha value is -2.29. The van der Waals surface area contributed by atoms with Crippen LogP contribution >= 0.6 is 0 Å². The largest absolute Gasteiger partial charge is 0.493 e. The number of hydrogen-bond donors (Lipinski definition) is 0. The third-order valence-electron chi connectivity index (χ3n) is 2.87. The van der Waals surface area contributed by atoms with E-state index in [2.05, 4.69) is 12.1 Å². The minimum absolute atomic E-state index is 0.302. The number of hydrogen-bond acceptors (Lipinski definition) is 3. The molecule has 3 heteroatoms. The van der Waals surface area contributed by atoms with Crippen molar-refractivity contribution in [2.75, 3.05) is 13.2 Å². The number of benzene rings is 2. The molecule has 0 atom stereocenters. The molecule has 0 aliphatic carbocycles. The zero-order chi connectivity index (χ0) is 14.2. The van der Waals surface area contributed by atoms with Crippen LogP contribution in [0.3, 0.4) is 0 Å². The van der Waals surface area contributed by atoms with Gasteiger partial charge >= 0.3 is 5.97 Å². The van der Waals surface area contributed by atoms with Crippen molar-refractivity contribution in [1.82, 2.24) is 0 Å². The van der Waals surface area contributed by atoms with Gasteiger partial charge in [0.1, 0.15) is 5.75 Å². The van der Waals surface area contributed by atoms with Crippen LogP contribution in [-0.2, 0) is 11.2 Å². The van der Waals surface area contributed by atoms with Gasteiger partial charge in [0.05, 0.1) is 18.8 Å². The van der Waals surface area contributed by atoms with Crippen molar-refractivity contribution in [3.05, 3.63) is 65.7 Å². The zero-order valence-electron chi connectivity index (χ0n) is 11.5. The maximum Gasteiger partial charge on any atom is 0.338 e. The van der Waals surface area contributed by atoms with Crippen molar-refractivity contribution < 1.29 is 14.3 Å². The van der Waals surface area contributed by atoms with Crippen LogP contribution in [0.2, 0.25) is 0 Å². The normalized spacial score (nSPS) is 10.1. The lowest BCUT2D eigenvalue weighted by molar-refractivity contribution is 0.0526. The molecule has 2 aromatic carbocycles. The molecule has 0 spiro atoms. The van der Waals surface area contributed by atoms with Gasteiger partial charge < -0.3 is 9.47 Å². The van der Waals surface area contributed by atoms with Crippen LogP contribution in [0.5, 0.6) is 5.75 Å². The molecule has 20 heavy (non-hydrogen) atoms. The molecule has 0 aliphatic heterocycles. The van der Waals surface area contributed by atoms with Crippen molar-refractivity contribution >= 4 is 5.97 Å². The number of carbonyl (C=O) groups excluding carboxylic acids is 1. The molecule has 104 valence electrons. The molecule has 0 unspecified atom stereocenters. The summed E-state index contributed by atoms with van der Waals surface area (Å²) >= 11 is 0. The Morgan fingerprint density at radius 2 is 1.70 bits per heavy atom. The molecule has 0 saturated carbocycles. The van der Waals surface area contributed by atoms with Gasteiger partial charge in [-0.05, 0) is 36.8 Å². The third kappa shape index (κ3) is 4.12. The Morgan fingerprint density at radius 1 is 1.00 bits per heavy atom. The van der Waals surface area contributed by atoms with Gasteiger partial charge in [0.25, 0.3) is 0 Å². The molecular weight excluding hydrogens is 252 g/mol. The predicted octanol–water partition coefficient (Wildman–Crippen LogP) is 3.48. The maximum absolute atomic E-state index is 11.5. The molecule has 0 heterocycles. The van der Waals surface area contributed by atoms with Crippen LogP contribution in [-0.4, -0.2) is 19.2 Å². The molecule has 3 nitrogen and oxygen atoms in total. The van der Waals surface area contributed by atoms with Crippen LogP contribution in [0.4, 0.5) is 0 Å². The summed E-state index contributed by atoms with van der Waals surface area (Å²) in [7, 11) is 0. The monoisotopic (exact) mass is 270 g/mol. The predicted molar refractivity (Wildman–Crippen MR) is 78.0 cm³/mol. The highest BCUT2D eigenvalue weighted by Gasteiger charge is 2.05. The van der Waals surface area contributed by atoms with Crippen LogP contribution in [0.1, 0.15) is 22.8 Å². The summed E-state index contributed by atoms with van der Waals surface area (Å²) in [5.74, 6) is 0.456. The van der Waals surface area contributed by atoms with Crippen molar-refractivity contribution in [3.63, 3.8) is 0 Å².